The molecule has 0 unspecified atom stereocenters. The van der Waals surface area contributed by atoms with Crippen LogP contribution in [0.25, 0.3) is 0 Å². The molecule has 2 aromatic carbocycles. The Kier molecular flexibility index (Phi) is 6.12. The van der Waals surface area contributed by atoms with Gasteiger partial charge in [-0.3, -0.25) is 14.9 Å². The van der Waals surface area contributed by atoms with Gasteiger partial charge in [-0.2, -0.15) is 0 Å². The number of ketones is 1. The highest BCUT2D eigenvalue weighted by molar-refractivity contribution is 5.82. The van der Waals surface area contributed by atoms with Crippen molar-refractivity contribution >= 4 is 5.78 Å². The van der Waals surface area contributed by atoms with E-state index in [0.29, 0.717) is 12.8 Å². The maximum absolute atomic E-state index is 12.5. The first kappa shape index (κ1) is 18.3. The lowest BCUT2D eigenvalue weighted by atomic mass is 9.75. The number of hydrogen-bond donors (Lipinski definition) is 0. The van der Waals surface area contributed by atoms with Gasteiger partial charge in [0.1, 0.15) is 5.78 Å². The minimum absolute atomic E-state index is 0.111. The van der Waals surface area contributed by atoms with Crippen molar-refractivity contribution in [3.63, 3.8) is 0 Å². The number of ether oxygens (including phenoxy) is 1. The summed E-state index contributed by atoms with van der Waals surface area (Å²) in [7, 11) is 0. The predicted octanol–water partition coefficient (Wildman–Crippen LogP) is 4.35. The molecule has 1 aliphatic rings. The molecule has 1 fully saturated rings. The molecule has 5 heteroatoms. The van der Waals surface area contributed by atoms with Gasteiger partial charge >= 0.3 is 6.23 Å². The van der Waals surface area contributed by atoms with E-state index in [1.165, 1.54) is 0 Å². The second-order valence-corrected chi connectivity index (χ2v) is 6.73. The molecule has 3 atom stereocenters. The zero-order valence-corrected chi connectivity index (χ0v) is 14.6. The quantitative estimate of drug-likeness (QED) is 0.421. The van der Waals surface area contributed by atoms with Crippen molar-refractivity contribution in [2.24, 2.45) is 5.92 Å². The summed E-state index contributed by atoms with van der Waals surface area (Å²) in [5, 5.41) is 11.9. The standard InChI is InChI=1S/C21H23NO4/c23-19-14-8-7-13-18(19)20(17-11-5-2-6-12-17)21(22(24)25)26-15-16-9-3-1-4-10-16/h1-6,9-12,18,20-21H,7-8,13-15H2/t18-,20+,21-/m0/s1. The van der Waals surface area contributed by atoms with Crippen molar-refractivity contribution in [1.82, 2.24) is 0 Å². The summed E-state index contributed by atoms with van der Waals surface area (Å²) in [6.07, 6.45) is 1.71. The summed E-state index contributed by atoms with van der Waals surface area (Å²) in [6.45, 7) is 0.150. The van der Waals surface area contributed by atoms with E-state index in [0.717, 1.165) is 24.0 Å². The molecule has 0 spiro atoms. The Morgan fingerprint density at radius 1 is 1.04 bits per heavy atom. The predicted molar refractivity (Wildman–Crippen MR) is 98.2 cm³/mol. The lowest BCUT2D eigenvalue weighted by Gasteiger charge is -2.30. The van der Waals surface area contributed by atoms with Crippen LogP contribution in [0.5, 0.6) is 0 Å². The molecule has 3 rings (SSSR count). The van der Waals surface area contributed by atoms with E-state index in [1.807, 2.05) is 60.7 Å². The maximum Gasteiger partial charge on any atom is 0.323 e. The molecule has 1 aliphatic carbocycles. The normalized spacial score (nSPS) is 19.7. The van der Waals surface area contributed by atoms with Gasteiger partial charge in [0.2, 0.25) is 0 Å². The van der Waals surface area contributed by atoms with Crippen molar-refractivity contribution in [3.05, 3.63) is 81.9 Å². The average molecular weight is 353 g/mol. The number of nitrogens with zero attached hydrogens (tertiary/aromatic N) is 1. The highest BCUT2D eigenvalue weighted by Gasteiger charge is 2.43. The molecule has 2 aromatic rings. The van der Waals surface area contributed by atoms with Crippen LogP contribution in [0, 0.1) is 16.0 Å². The monoisotopic (exact) mass is 353 g/mol. The molecular weight excluding hydrogens is 330 g/mol. The molecule has 5 nitrogen and oxygen atoms in total. The van der Waals surface area contributed by atoms with Gasteiger partial charge in [-0.25, -0.2) is 0 Å². The number of benzene rings is 2. The first-order valence-electron chi connectivity index (χ1n) is 9.03. The topological polar surface area (TPSA) is 69.4 Å². The van der Waals surface area contributed by atoms with Crippen molar-refractivity contribution in [3.8, 4) is 0 Å². The molecule has 136 valence electrons. The Hall–Kier alpha value is -2.53. The van der Waals surface area contributed by atoms with Gasteiger partial charge < -0.3 is 4.74 Å². The summed E-state index contributed by atoms with van der Waals surface area (Å²) in [4.78, 5) is 24.0. The van der Waals surface area contributed by atoms with Gasteiger partial charge in [0.25, 0.3) is 0 Å². The molecule has 26 heavy (non-hydrogen) atoms. The summed E-state index contributed by atoms with van der Waals surface area (Å²) < 4.78 is 5.76. The van der Waals surface area contributed by atoms with Gasteiger partial charge in [0, 0.05) is 12.3 Å². The van der Waals surface area contributed by atoms with Crippen molar-refractivity contribution in [2.75, 3.05) is 0 Å². The van der Waals surface area contributed by atoms with Gasteiger partial charge in [0.15, 0.2) is 0 Å². The molecule has 0 aromatic heterocycles. The second kappa shape index (κ2) is 8.72. The average Bonchev–Trinajstić information content (AvgIpc) is 2.67. The van der Waals surface area contributed by atoms with Crippen molar-refractivity contribution < 1.29 is 14.5 Å². The zero-order chi connectivity index (χ0) is 18.4. The van der Waals surface area contributed by atoms with E-state index in [2.05, 4.69) is 0 Å². The Balaban J connectivity index is 1.88. The number of carbonyl (C=O) groups is 1. The minimum atomic E-state index is -1.25. The Bertz CT molecular complexity index is 732. The number of nitro groups is 1. The van der Waals surface area contributed by atoms with Crippen LogP contribution in [-0.4, -0.2) is 16.9 Å². The number of carbonyl (C=O) groups excluding carboxylic acids is 1. The van der Waals surface area contributed by atoms with E-state index in [1.54, 1.807) is 0 Å². The molecule has 0 saturated heterocycles. The van der Waals surface area contributed by atoms with Gasteiger partial charge in [-0.1, -0.05) is 67.1 Å². The summed E-state index contributed by atoms with van der Waals surface area (Å²) in [5.74, 6) is -0.819. The molecule has 0 radical (unpaired) electrons. The third-order valence-electron chi connectivity index (χ3n) is 5.00. The van der Waals surface area contributed by atoms with E-state index >= 15 is 0 Å². The molecule has 1 saturated carbocycles. The minimum Gasteiger partial charge on any atom is -0.312 e. The first-order chi connectivity index (χ1) is 12.7. The van der Waals surface area contributed by atoms with Crippen molar-refractivity contribution in [1.29, 1.82) is 0 Å². The lowest BCUT2D eigenvalue weighted by molar-refractivity contribution is -0.583. The fourth-order valence-electron chi connectivity index (χ4n) is 3.71. The Morgan fingerprint density at radius 3 is 2.31 bits per heavy atom. The van der Waals surface area contributed by atoms with E-state index < -0.39 is 12.1 Å². The lowest BCUT2D eigenvalue weighted by Crippen LogP contribution is -2.39. The smallest absolute Gasteiger partial charge is 0.312 e. The van der Waals surface area contributed by atoms with Crippen LogP contribution >= 0.6 is 0 Å². The van der Waals surface area contributed by atoms with Crippen LogP contribution in [0.3, 0.4) is 0 Å². The van der Waals surface area contributed by atoms with Crippen LogP contribution in [0.4, 0.5) is 0 Å². The van der Waals surface area contributed by atoms with E-state index in [4.69, 9.17) is 4.74 Å². The summed E-state index contributed by atoms with van der Waals surface area (Å²) in [5.41, 5.74) is 1.67. The van der Waals surface area contributed by atoms with E-state index in [9.17, 15) is 14.9 Å². The Labute approximate surface area is 153 Å². The van der Waals surface area contributed by atoms with Gasteiger partial charge in [-0.05, 0) is 24.0 Å². The third kappa shape index (κ3) is 4.35. The van der Waals surface area contributed by atoms with Crippen molar-refractivity contribution in [2.45, 2.75) is 44.4 Å². The highest BCUT2D eigenvalue weighted by atomic mass is 16.7. The summed E-state index contributed by atoms with van der Waals surface area (Å²) >= 11 is 0. The van der Waals surface area contributed by atoms with Gasteiger partial charge in [-0.15, -0.1) is 0 Å². The van der Waals surface area contributed by atoms with Crippen LogP contribution in [0.15, 0.2) is 60.7 Å². The largest absolute Gasteiger partial charge is 0.323 e. The fraction of sp³-hybridized carbons (Fsp3) is 0.381. The van der Waals surface area contributed by atoms with Crippen LogP contribution < -0.4 is 0 Å². The molecule has 0 aliphatic heterocycles. The molecule has 0 bridgehead atoms. The van der Waals surface area contributed by atoms with Gasteiger partial charge in [0.05, 0.1) is 17.4 Å². The van der Waals surface area contributed by atoms with Crippen LogP contribution in [-0.2, 0) is 16.1 Å². The molecule has 0 amide bonds. The molecular formula is C21H23NO4. The fourth-order valence-corrected chi connectivity index (χ4v) is 3.71. The third-order valence-corrected chi connectivity index (χ3v) is 5.00. The molecule has 0 heterocycles. The highest BCUT2D eigenvalue weighted by Crippen LogP contribution is 2.38. The maximum atomic E-state index is 12.5. The van der Waals surface area contributed by atoms with Crippen LogP contribution in [0.2, 0.25) is 0 Å². The SMILES string of the molecule is O=C1CCCC[C@@H]1[C@@H](c1ccccc1)[C@H](OCc1ccccc1)[N+](=O)[O-]. The summed E-state index contributed by atoms with van der Waals surface area (Å²) in [6, 6.07) is 18.7. The first-order valence-corrected chi connectivity index (χ1v) is 9.03. The number of Topliss-reactive ketones (excluding diaryl/α,β-unsaturated/α-hetero) is 1. The number of hydrogen-bond acceptors (Lipinski definition) is 4. The Morgan fingerprint density at radius 2 is 1.69 bits per heavy atom. The number of rotatable bonds is 7. The zero-order valence-electron chi connectivity index (χ0n) is 14.6. The molecule has 0 N–H and O–H groups in total. The van der Waals surface area contributed by atoms with Crippen LogP contribution in [0.1, 0.15) is 42.7 Å². The van der Waals surface area contributed by atoms with E-state index in [-0.39, 0.29) is 23.2 Å². The second-order valence-electron chi connectivity index (χ2n) is 6.73.